The fourth-order valence-electron chi connectivity index (χ4n) is 2.93. The lowest BCUT2D eigenvalue weighted by Crippen LogP contribution is -2.39. The van der Waals surface area contributed by atoms with E-state index in [1.165, 1.54) is 0 Å². The van der Waals surface area contributed by atoms with Crippen LogP contribution in [-0.4, -0.2) is 32.0 Å². The molecule has 1 saturated carbocycles. The molecule has 1 fully saturated rings. The van der Waals surface area contributed by atoms with Crippen molar-refractivity contribution in [3.05, 3.63) is 15.8 Å². The molecule has 0 atom stereocenters. The van der Waals surface area contributed by atoms with E-state index in [1.807, 2.05) is 13.8 Å². The van der Waals surface area contributed by atoms with E-state index in [0.29, 0.717) is 18.1 Å². The van der Waals surface area contributed by atoms with Gasteiger partial charge in [-0.2, -0.15) is 5.10 Å². The van der Waals surface area contributed by atoms with Crippen molar-refractivity contribution in [2.24, 2.45) is 0 Å². The van der Waals surface area contributed by atoms with Crippen LogP contribution in [0.1, 0.15) is 57.7 Å². The average molecular weight is 296 g/mol. The highest BCUT2D eigenvalue weighted by Gasteiger charge is 2.32. The molecule has 2 rings (SSSR count). The first-order valence-corrected chi connectivity index (χ1v) is 7.54. The van der Waals surface area contributed by atoms with Gasteiger partial charge in [0.15, 0.2) is 0 Å². The maximum atomic E-state index is 11.3. The Morgan fingerprint density at radius 2 is 2.05 bits per heavy atom. The van der Waals surface area contributed by atoms with E-state index < -0.39 is 10.5 Å². The summed E-state index contributed by atoms with van der Waals surface area (Å²) < 4.78 is 1.62. The van der Waals surface area contributed by atoms with Crippen LogP contribution in [0.25, 0.3) is 0 Å². The molecule has 0 unspecified atom stereocenters. The van der Waals surface area contributed by atoms with Gasteiger partial charge in [0.05, 0.1) is 10.5 Å². The Kier molecular flexibility index (Phi) is 4.51. The second kappa shape index (κ2) is 6.01. The van der Waals surface area contributed by atoms with Crippen molar-refractivity contribution < 1.29 is 10.0 Å². The van der Waals surface area contributed by atoms with Crippen molar-refractivity contribution in [1.29, 1.82) is 0 Å². The fourth-order valence-corrected chi connectivity index (χ4v) is 2.93. The SMILES string of the molecule is Cc1nn(C(C)C)c(NCC2(O)CCCCC2)c1[N+](=O)[O-]. The van der Waals surface area contributed by atoms with Crippen LogP contribution in [0, 0.1) is 17.0 Å². The molecule has 0 aliphatic heterocycles. The molecule has 118 valence electrons. The van der Waals surface area contributed by atoms with Crippen molar-refractivity contribution in [3.8, 4) is 0 Å². The fraction of sp³-hybridized carbons (Fsp3) is 0.786. The summed E-state index contributed by atoms with van der Waals surface area (Å²) >= 11 is 0. The van der Waals surface area contributed by atoms with Crippen LogP contribution < -0.4 is 5.32 Å². The van der Waals surface area contributed by atoms with Crippen LogP contribution in [0.15, 0.2) is 0 Å². The molecular weight excluding hydrogens is 272 g/mol. The second-order valence-electron chi connectivity index (χ2n) is 6.22. The Balaban J connectivity index is 2.23. The van der Waals surface area contributed by atoms with Gasteiger partial charge in [0.2, 0.25) is 5.82 Å². The zero-order valence-corrected chi connectivity index (χ0v) is 12.9. The predicted molar refractivity (Wildman–Crippen MR) is 80.5 cm³/mol. The number of aliphatic hydroxyl groups is 1. The number of aryl methyl sites for hydroxylation is 1. The van der Waals surface area contributed by atoms with Gasteiger partial charge in [0.25, 0.3) is 0 Å². The standard InChI is InChI=1S/C14H24N4O3/c1-10(2)17-13(12(18(20)21)11(3)16-17)15-9-14(19)7-5-4-6-8-14/h10,15,19H,4-9H2,1-3H3. The summed E-state index contributed by atoms with van der Waals surface area (Å²) in [6.45, 7) is 5.82. The molecule has 0 amide bonds. The minimum absolute atomic E-state index is 0.00288. The van der Waals surface area contributed by atoms with E-state index in [-0.39, 0.29) is 11.7 Å². The zero-order valence-electron chi connectivity index (χ0n) is 12.9. The minimum Gasteiger partial charge on any atom is -0.388 e. The largest absolute Gasteiger partial charge is 0.388 e. The number of hydrogen-bond donors (Lipinski definition) is 2. The lowest BCUT2D eigenvalue weighted by molar-refractivity contribution is -0.384. The van der Waals surface area contributed by atoms with Gasteiger partial charge in [0, 0.05) is 12.6 Å². The van der Waals surface area contributed by atoms with Gasteiger partial charge in [-0.25, -0.2) is 4.68 Å². The van der Waals surface area contributed by atoms with Crippen LogP contribution in [0.2, 0.25) is 0 Å². The predicted octanol–water partition coefficient (Wildman–Crippen LogP) is 2.79. The van der Waals surface area contributed by atoms with E-state index >= 15 is 0 Å². The first kappa shape index (κ1) is 15.8. The molecule has 1 aromatic rings. The average Bonchev–Trinajstić information content (AvgIpc) is 2.74. The minimum atomic E-state index is -0.772. The third kappa shape index (κ3) is 3.34. The van der Waals surface area contributed by atoms with Crippen LogP contribution >= 0.6 is 0 Å². The molecular formula is C14H24N4O3. The maximum absolute atomic E-state index is 11.3. The summed E-state index contributed by atoms with van der Waals surface area (Å²) in [5, 5.41) is 29.1. The zero-order chi connectivity index (χ0) is 15.6. The molecule has 21 heavy (non-hydrogen) atoms. The van der Waals surface area contributed by atoms with E-state index in [0.717, 1.165) is 32.1 Å². The van der Waals surface area contributed by atoms with Crippen molar-refractivity contribution >= 4 is 11.5 Å². The highest BCUT2D eigenvalue weighted by atomic mass is 16.6. The number of nitro groups is 1. The van der Waals surface area contributed by atoms with Crippen molar-refractivity contribution in [1.82, 2.24) is 9.78 Å². The molecule has 1 heterocycles. The highest BCUT2D eigenvalue weighted by Crippen LogP contribution is 2.33. The third-order valence-corrected chi connectivity index (χ3v) is 4.09. The number of aromatic nitrogens is 2. The number of nitrogens with zero attached hydrogens (tertiary/aromatic N) is 3. The summed E-state index contributed by atoms with van der Waals surface area (Å²) in [6, 6.07) is 0.0147. The molecule has 2 N–H and O–H groups in total. The summed E-state index contributed by atoms with van der Waals surface area (Å²) in [6.07, 6.45) is 4.63. The summed E-state index contributed by atoms with van der Waals surface area (Å²) in [4.78, 5) is 10.9. The van der Waals surface area contributed by atoms with Crippen molar-refractivity contribution in [3.63, 3.8) is 0 Å². The molecule has 1 aliphatic rings. The molecule has 0 radical (unpaired) electrons. The van der Waals surface area contributed by atoms with Gasteiger partial charge in [-0.3, -0.25) is 10.1 Å². The Morgan fingerprint density at radius 1 is 1.43 bits per heavy atom. The Bertz CT molecular complexity index is 519. The lowest BCUT2D eigenvalue weighted by atomic mass is 9.85. The quantitative estimate of drug-likeness (QED) is 0.643. The van der Waals surface area contributed by atoms with E-state index in [2.05, 4.69) is 10.4 Å². The number of anilines is 1. The Labute approximate surface area is 124 Å². The van der Waals surface area contributed by atoms with Gasteiger partial charge >= 0.3 is 5.69 Å². The van der Waals surface area contributed by atoms with Gasteiger partial charge in [0.1, 0.15) is 5.69 Å². The van der Waals surface area contributed by atoms with Crippen molar-refractivity contribution in [2.45, 2.75) is 64.5 Å². The smallest absolute Gasteiger partial charge is 0.333 e. The molecule has 7 nitrogen and oxygen atoms in total. The highest BCUT2D eigenvalue weighted by molar-refractivity contribution is 5.60. The maximum Gasteiger partial charge on any atom is 0.333 e. The van der Waals surface area contributed by atoms with Crippen LogP contribution in [0.4, 0.5) is 11.5 Å². The Hall–Kier alpha value is -1.63. The van der Waals surface area contributed by atoms with Gasteiger partial charge in [-0.05, 0) is 33.6 Å². The molecule has 1 aliphatic carbocycles. The molecule has 0 spiro atoms. The first-order chi connectivity index (χ1) is 9.84. The first-order valence-electron chi connectivity index (χ1n) is 7.54. The van der Waals surface area contributed by atoms with Crippen LogP contribution in [0.5, 0.6) is 0 Å². The molecule has 0 bridgehead atoms. The number of hydrogen-bond acceptors (Lipinski definition) is 5. The summed E-state index contributed by atoms with van der Waals surface area (Å²) in [7, 11) is 0. The normalized spacial score (nSPS) is 18.0. The summed E-state index contributed by atoms with van der Waals surface area (Å²) in [5.41, 5.74) is -0.374. The van der Waals surface area contributed by atoms with Crippen LogP contribution in [0.3, 0.4) is 0 Å². The van der Waals surface area contributed by atoms with Gasteiger partial charge < -0.3 is 10.4 Å². The summed E-state index contributed by atoms with van der Waals surface area (Å²) in [5.74, 6) is 0.395. The van der Waals surface area contributed by atoms with Gasteiger partial charge in [-0.15, -0.1) is 0 Å². The van der Waals surface area contributed by atoms with Gasteiger partial charge in [-0.1, -0.05) is 19.3 Å². The van der Waals surface area contributed by atoms with Crippen LogP contribution in [-0.2, 0) is 0 Å². The lowest BCUT2D eigenvalue weighted by Gasteiger charge is -2.32. The topological polar surface area (TPSA) is 93.2 Å². The van der Waals surface area contributed by atoms with E-state index in [1.54, 1.807) is 11.6 Å². The molecule has 7 heteroatoms. The second-order valence-corrected chi connectivity index (χ2v) is 6.22. The van der Waals surface area contributed by atoms with E-state index in [9.17, 15) is 15.2 Å². The number of rotatable bonds is 5. The third-order valence-electron chi connectivity index (χ3n) is 4.09. The van der Waals surface area contributed by atoms with E-state index in [4.69, 9.17) is 0 Å². The molecule has 0 aromatic carbocycles. The molecule has 0 saturated heterocycles. The van der Waals surface area contributed by atoms with Crippen molar-refractivity contribution in [2.75, 3.05) is 11.9 Å². The molecule has 1 aromatic heterocycles. The monoisotopic (exact) mass is 296 g/mol. The number of nitrogens with one attached hydrogen (secondary N) is 1. The Morgan fingerprint density at radius 3 is 2.57 bits per heavy atom.